The van der Waals surface area contributed by atoms with E-state index in [1.165, 1.54) is 10.6 Å². The van der Waals surface area contributed by atoms with Gasteiger partial charge in [-0.2, -0.15) is 0 Å². The minimum Gasteiger partial charge on any atom is -0.269 e. The zero-order chi connectivity index (χ0) is 8.59. The van der Waals surface area contributed by atoms with Crippen LogP contribution in [0.15, 0.2) is 21.8 Å². The van der Waals surface area contributed by atoms with Crippen molar-refractivity contribution in [3.05, 3.63) is 21.8 Å². The Morgan fingerprint density at radius 3 is 2.55 bits per heavy atom. The summed E-state index contributed by atoms with van der Waals surface area (Å²) in [5.74, 6) is 0. The van der Waals surface area contributed by atoms with Gasteiger partial charge in [-0.15, -0.1) is 0 Å². The van der Waals surface area contributed by atoms with Gasteiger partial charge in [0.15, 0.2) is 0 Å². The van der Waals surface area contributed by atoms with Crippen LogP contribution < -0.4 is 0 Å². The summed E-state index contributed by atoms with van der Waals surface area (Å²) in [5.41, 5.74) is 0.350. The molecule has 0 aromatic heterocycles. The van der Waals surface area contributed by atoms with E-state index in [0.29, 0.717) is 10.1 Å². The first-order valence-electron chi connectivity index (χ1n) is 2.86. The molecule has 0 amide bonds. The number of halogens is 4. The van der Waals surface area contributed by atoms with Crippen LogP contribution in [0.1, 0.15) is 6.92 Å². The topological polar surface area (TPSA) is 3.24 Å². The Morgan fingerprint density at radius 1 is 1.45 bits per heavy atom. The molecule has 11 heavy (non-hydrogen) atoms. The highest BCUT2D eigenvalue weighted by Crippen LogP contribution is 2.34. The van der Waals surface area contributed by atoms with E-state index in [4.69, 9.17) is 46.6 Å². The molecule has 0 aromatic carbocycles. The van der Waals surface area contributed by atoms with Crippen LogP contribution in [0.2, 0.25) is 0 Å². The van der Waals surface area contributed by atoms with Gasteiger partial charge in [-0.05, 0) is 12.5 Å². The first-order chi connectivity index (χ1) is 5.04. The van der Waals surface area contributed by atoms with Crippen LogP contribution >= 0.6 is 46.6 Å². The Hall–Kier alpha value is 0.440. The number of hydrogen-bond donors (Lipinski definition) is 0. The van der Waals surface area contributed by atoms with E-state index in [2.05, 4.69) is 0 Å². The van der Waals surface area contributed by atoms with Crippen LogP contribution in [-0.2, 0) is 0 Å². The highest BCUT2D eigenvalue weighted by Gasteiger charge is 2.22. The maximum Gasteiger partial charge on any atom is 0.141 e. The van der Waals surface area contributed by atoms with E-state index in [1.807, 2.05) is 0 Å². The van der Waals surface area contributed by atoms with Gasteiger partial charge in [0.2, 0.25) is 0 Å². The van der Waals surface area contributed by atoms with Crippen molar-refractivity contribution < 1.29 is 0 Å². The molecule has 62 valence electrons. The first-order valence-corrected chi connectivity index (χ1v) is 4.39. The van der Waals surface area contributed by atoms with Crippen molar-refractivity contribution in [3.8, 4) is 0 Å². The van der Waals surface area contributed by atoms with Crippen LogP contribution in [-0.4, -0.2) is 9.92 Å². The van der Waals surface area contributed by atoms with Crippen LogP contribution in [0.5, 0.6) is 0 Å². The number of nitrogens with zero attached hydrogens (tertiary/aromatic N) is 1. The number of hydrogen-bond acceptors (Lipinski definition) is 1. The minimum atomic E-state index is -0.410. The summed E-state index contributed by atoms with van der Waals surface area (Å²) in [6.07, 6.45) is 1.48. The Labute approximate surface area is 85.3 Å². The zero-order valence-corrected chi connectivity index (χ0v) is 8.64. The molecule has 0 aliphatic carbocycles. The highest BCUT2D eigenvalue weighted by atomic mass is 35.5. The molecule has 1 nitrogen and oxygen atoms in total. The summed E-state index contributed by atoms with van der Waals surface area (Å²) in [6.45, 7) is 1.78. The smallest absolute Gasteiger partial charge is 0.141 e. The summed E-state index contributed by atoms with van der Waals surface area (Å²) < 4.78 is 1.28. The third kappa shape index (κ3) is 1.78. The van der Waals surface area contributed by atoms with Gasteiger partial charge >= 0.3 is 0 Å². The lowest BCUT2D eigenvalue weighted by atomic mass is 10.2. The molecule has 0 saturated carbocycles. The average Bonchev–Trinajstić information content (AvgIpc) is 1.97. The van der Waals surface area contributed by atoms with E-state index in [1.54, 1.807) is 6.92 Å². The van der Waals surface area contributed by atoms with E-state index >= 15 is 0 Å². The maximum absolute atomic E-state index is 5.83. The van der Waals surface area contributed by atoms with Gasteiger partial charge in [0, 0.05) is 18.0 Å². The quantitative estimate of drug-likeness (QED) is 0.351. The Morgan fingerprint density at radius 2 is 2.00 bits per heavy atom. The van der Waals surface area contributed by atoms with Gasteiger partial charge in [0.25, 0.3) is 0 Å². The lowest BCUT2D eigenvalue weighted by Crippen LogP contribution is -2.21. The molecule has 1 aliphatic rings. The molecule has 0 aromatic rings. The van der Waals surface area contributed by atoms with Crippen molar-refractivity contribution in [1.29, 1.82) is 0 Å². The van der Waals surface area contributed by atoms with Gasteiger partial charge in [0.1, 0.15) is 5.50 Å². The lowest BCUT2D eigenvalue weighted by molar-refractivity contribution is 0.592. The second kappa shape index (κ2) is 3.44. The number of alkyl halides is 1. The molecule has 0 N–H and O–H groups in total. The maximum atomic E-state index is 5.83. The fraction of sp³-hybridized carbons (Fsp3) is 0.333. The van der Waals surface area contributed by atoms with Crippen LogP contribution in [0, 0.1) is 0 Å². The second-order valence-corrected chi connectivity index (χ2v) is 3.74. The number of allylic oxidation sites excluding steroid dienone is 2. The summed E-state index contributed by atoms with van der Waals surface area (Å²) in [6, 6.07) is 0. The van der Waals surface area contributed by atoms with Crippen molar-refractivity contribution in [2.24, 2.45) is 0 Å². The lowest BCUT2D eigenvalue weighted by Gasteiger charge is -2.24. The van der Waals surface area contributed by atoms with Gasteiger partial charge in [0.05, 0.1) is 10.1 Å². The normalized spacial score (nSPS) is 25.7. The third-order valence-corrected chi connectivity index (χ3v) is 3.18. The summed E-state index contributed by atoms with van der Waals surface area (Å²) >= 11 is 23.0. The summed E-state index contributed by atoms with van der Waals surface area (Å²) in [5, 5.41) is 0.889. The Bertz CT molecular complexity index is 233. The predicted molar refractivity (Wildman–Crippen MR) is 49.8 cm³/mol. The third-order valence-electron chi connectivity index (χ3n) is 1.37. The molecule has 5 heteroatoms. The molecule has 0 fully saturated rings. The van der Waals surface area contributed by atoms with E-state index in [9.17, 15) is 0 Å². The molecule has 0 bridgehead atoms. The fourth-order valence-electron chi connectivity index (χ4n) is 0.708. The molecular formula is C6H5Cl4N. The minimum absolute atomic E-state index is 0.410. The van der Waals surface area contributed by atoms with Gasteiger partial charge < -0.3 is 0 Å². The molecule has 1 atom stereocenters. The SMILES string of the molecule is CC1=C(Cl)C(Cl)=CN(Cl)C1Cl. The summed E-state index contributed by atoms with van der Waals surface area (Å²) in [7, 11) is 0. The molecule has 0 radical (unpaired) electrons. The van der Waals surface area contributed by atoms with Crippen molar-refractivity contribution in [2.45, 2.75) is 12.4 Å². The summed E-state index contributed by atoms with van der Waals surface area (Å²) in [4.78, 5) is 0. The van der Waals surface area contributed by atoms with Crippen LogP contribution in [0.3, 0.4) is 0 Å². The Balaban J connectivity index is 3.02. The molecule has 0 spiro atoms. The largest absolute Gasteiger partial charge is 0.269 e. The standard InChI is InChI=1S/C6H5Cl4N/c1-3-5(8)4(7)2-11(10)6(3)9/h2,6H,1H3. The zero-order valence-electron chi connectivity index (χ0n) is 5.61. The molecule has 0 saturated heterocycles. The fourth-order valence-corrected chi connectivity index (χ4v) is 1.63. The molecule has 1 heterocycles. The number of rotatable bonds is 0. The van der Waals surface area contributed by atoms with E-state index < -0.39 is 5.50 Å². The molecule has 1 aliphatic heterocycles. The van der Waals surface area contributed by atoms with Gasteiger partial charge in [-0.3, -0.25) is 4.42 Å². The van der Waals surface area contributed by atoms with E-state index in [-0.39, 0.29) is 0 Å². The first kappa shape index (κ1) is 9.53. The molecule has 1 unspecified atom stereocenters. The predicted octanol–water partition coefficient (Wildman–Crippen LogP) is 3.61. The van der Waals surface area contributed by atoms with Crippen LogP contribution in [0.25, 0.3) is 0 Å². The van der Waals surface area contributed by atoms with Gasteiger partial charge in [-0.25, -0.2) is 0 Å². The molecular weight excluding hydrogens is 228 g/mol. The van der Waals surface area contributed by atoms with Crippen LogP contribution in [0.4, 0.5) is 0 Å². The van der Waals surface area contributed by atoms with E-state index in [0.717, 1.165) is 5.57 Å². The van der Waals surface area contributed by atoms with Crippen molar-refractivity contribution in [2.75, 3.05) is 0 Å². The second-order valence-electron chi connectivity index (χ2n) is 2.15. The Kier molecular flexibility index (Phi) is 2.98. The van der Waals surface area contributed by atoms with Gasteiger partial charge in [-0.1, -0.05) is 34.8 Å². The monoisotopic (exact) mass is 231 g/mol. The highest BCUT2D eigenvalue weighted by molar-refractivity contribution is 6.45. The van der Waals surface area contributed by atoms with Crippen molar-refractivity contribution >= 4 is 46.6 Å². The average molecular weight is 233 g/mol. The van der Waals surface area contributed by atoms with Crippen molar-refractivity contribution in [3.63, 3.8) is 0 Å². The van der Waals surface area contributed by atoms with Crippen molar-refractivity contribution in [1.82, 2.24) is 4.42 Å². The molecule has 1 rings (SSSR count).